The molecule has 6 nitrogen and oxygen atoms in total. The minimum atomic E-state index is -0.683. The van der Waals surface area contributed by atoms with Gasteiger partial charge in [-0.05, 0) is 18.2 Å². The molecule has 0 saturated heterocycles. The Morgan fingerprint density at radius 3 is 2.45 bits per heavy atom. The molecule has 1 heterocycles. The SMILES string of the molecule is COc1cccc(N(C(N)=O)c2cnc(-c3ccccc3)nc2-c2ccccc2Cl)c1. The highest BCUT2D eigenvalue weighted by atomic mass is 35.5. The van der Waals surface area contributed by atoms with E-state index in [1.54, 1.807) is 43.6 Å². The second kappa shape index (κ2) is 8.85. The maximum atomic E-state index is 12.5. The van der Waals surface area contributed by atoms with Crippen LogP contribution in [0.1, 0.15) is 0 Å². The van der Waals surface area contributed by atoms with Gasteiger partial charge < -0.3 is 10.5 Å². The van der Waals surface area contributed by atoms with E-state index in [2.05, 4.69) is 4.98 Å². The van der Waals surface area contributed by atoms with Gasteiger partial charge in [-0.2, -0.15) is 0 Å². The summed E-state index contributed by atoms with van der Waals surface area (Å²) in [6.45, 7) is 0. The number of carbonyl (C=O) groups is 1. The molecule has 0 bridgehead atoms. The van der Waals surface area contributed by atoms with E-state index in [0.29, 0.717) is 39.2 Å². The van der Waals surface area contributed by atoms with E-state index < -0.39 is 6.03 Å². The Morgan fingerprint density at radius 2 is 1.74 bits per heavy atom. The monoisotopic (exact) mass is 430 g/mol. The first kappa shape index (κ1) is 20.4. The normalized spacial score (nSPS) is 10.5. The van der Waals surface area contributed by atoms with Gasteiger partial charge in [-0.25, -0.2) is 14.8 Å². The van der Waals surface area contributed by atoms with Crippen molar-refractivity contribution in [3.8, 4) is 28.4 Å². The van der Waals surface area contributed by atoms with Crippen LogP contribution >= 0.6 is 11.6 Å². The van der Waals surface area contributed by atoms with Gasteiger partial charge in [-0.15, -0.1) is 0 Å². The number of nitrogens with zero attached hydrogens (tertiary/aromatic N) is 3. The van der Waals surface area contributed by atoms with Crippen LogP contribution in [0.3, 0.4) is 0 Å². The quantitative estimate of drug-likeness (QED) is 0.441. The molecule has 0 radical (unpaired) electrons. The molecule has 1 aromatic heterocycles. The molecular formula is C24H19ClN4O2. The van der Waals surface area contributed by atoms with Crippen LogP contribution < -0.4 is 15.4 Å². The third kappa shape index (κ3) is 4.20. The van der Waals surface area contributed by atoms with Crippen molar-refractivity contribution in [2.75, 3.05) is 12.0 Å². The average molecular weight is 431 g/mol. The van der Waals surface area contributed by atoms with Crippen molar-refractivity contribution in [3.63, 3.8) is 0 Å². The zero-order valence-electron chi connectivity index (χ0n) is 16.7. The molecule has 3 aromatic carbocycles. The number of urea groups is 1. The third-order valence-electron chi connectivity index (χ3n) is 4.70. The number of nitrogens with two attached hydrogens (primary N) is 1. The fraction of sp³-hybridized carbons (Fsp3) is 0.0417. The minimum absolute atomic E-state index is 0.411. The standard InChI is InChI=1S/C24H19ClN4O2/c1-31-18-11-7-10-17(14-18)29(24(26)30)21-15-27-23(16-8-3-2-4-9-16)28-22(21)19-12-5-6-13-20(19)25/h2-15H,1H3,(H2,26,30). The van der Waals surface area contributed by atoms with Crippen LogP contribution in [0.5, 0.6) is 5.75 Å². The molecule has 0 fully saturated rings. The first-order chi connectivity index (χ1) is 15.1. The Bertz CT molecular complexity index is 1230. The predicted octanol–water partition coefficient (Wildman–Crippen LogP) is 5.69. The Balaban J connectivity index is 1.95. The summed E-state index contributed by atoms with van der Waals surface area (Å²) in [7, 11) is 1.56. The third-order valence-corrected chi connectivity index (χ3v) is 5.03. The molecule has 31 heavy (non-hydrogen) atoms. The second-order valence-corrected chi connectivity index (χ2v) is 7.06. The summed E-state index contributed by atoms with van der Waals surface area (Å²) in [6.07, 6.45) is 1.58. The smallest absolute Gasteiger partial charge is 0.324 e. The number of carbonyl (C=O) groups excluding carboxylic acids is 1. The Morgan fingerprint density at radius 1 is 1.00 bits per heavy atom. The zero-order chi connectivity index (χ0) is 21.8. The van der Waals surface area contributed by atoms with Gasteiger partial charge in [0, 0.05) is 17.2 Å². The van der Waals surface area contributed by atoms with Crippen molar-refractivity contribution in [1.82, 2.24) is 9.97 Å². The van der Waals surface area contributed by atoms with Crippen LogP contribution in [-0.2, 0) is 0 Å². The highest BCUT2D eigenvalue weighted by molar-refractivity contribution is 6.33. The number of halogens is 1. The molecule has 7 heteroatoms. The molecule has 0 aliphatic rings. The van der Waals surface area contributed by atoms with Crippen molar-refractivity contribution >= 4 is 29.0 Å². The molecule has 0 aliphatic heterocycles. The number of benzene rings is 3. The lowest BCUT2D eigenvalue weighted by atomic mass is 10.1. The molecule has 0 unspecified atom stereocenters. The molecule has 0 spiro atoms. The van der Waals surface area contributed by atoms with Gasteiger partial charge in [-0.1, -0.05) is 66.2 Å². The predicted molar refractivity (Wildman–Crippen MR) is 123 cm³/mol. The summed E-state index contributed by atoms with van der Waals surface area (Å²) in [5.41, 5.74) is 8.71. The van der Waals surface area contributed by atoms with E-state index in [-0.39, 0.29) is 0 Å². The van der Waals surface area contributed by atoms with Crippen molar-refractivity contribution in [2.24, 2.45) is 5.73 Å². The molecule has 0 saturated carbocycles. The summed E-state index contributed by atoms with van der Waals surface area (Å²) < 4.78 is 5.30. The molecule has 0 aliphatic carbocycles. The summed E-state index contributed by atoms with van der Waals surface area (Å²) in [5.74, 6) is 1.10. The van der Waals surface area contributed by atoms with Gasteiger partial charge in [0.1, 0.15) is 11.4 Å². The summed E-state index contributed by atoms with van der Waals surface area (Å²) in [5, 5.41) is 0.497. The fourth-order valence-electron chi connectivity index (χ4n) is 3.25. The molecule has 154 valence electrons. The van der Waals surface area contributed by atoms with Gasteiger partial charge in [-0.3, -0.25) is 4.90 Å². The molecule has 2 amide bonds. The number of hydrogen-bond acceptors (Lipinski definition) is 4. The first-order valence-electron chi connectivity index (χ1n) is 9.49. The van der Waals surface area contributed by atoms with Crippen LogP contribution in [0.4, 0.5) is 16.2 Å². The largest absolute Gasteiger partial charge is 0.497 e. The van der Waals surface area contributed by atoms with Crippen LogP contribution in [-0.4, -0.2) is 23.1 Å². The van der Waals surface area contributed by atoms with Crippen LogP contribution in [0.25, 0.3) is 22.6 Å². The van der Waals surface area contributed by atoms with Gasteiger partial charge in [0.05, 0.1) is 29.7 Å². The average Bonchev–Trinajstić information content (AvgIpc) is 2.80. The van der Waals surface area contributed by atoms with Crippen molar-refractivity contribution in [2.45, 2.75) is 0 Å². The number of rotatable bonds is 5. The minimum Gasteiger partial charge on any atom is -0.497 e. The van der Waals surface area contributed by atoms with Crippen LogP contribution in [0, 0.1) is 0 Å². The van der Waals surface area contributed by atoms with Gasteiger partial charge in [0.2, 0.25) is 0 Å². The number of aromatic nitrogens is 2. The Kier molecular flexibility index (Phi) is 5.82. The lowest BCUT2D eigenvalue weighted by Gasteiger charge is -2.23. The van der Waals surface area contributed by atoms with Gasteiger partial charge in [0.25, 0.3) is 0 Å². The van der Waals surface area contributed by atoms with E-state index in [1.807, 2.05) is 48.5 Å². The summed E-state index contributed by atoms with van der Waals surface area (Å²) >= 11 is 6.49. The van der Waals surface area contributed by atoms with Gasteiger partial charge >= 0.3 is 6.03 Å². The number of hydrogen-bond donors (Lipinski definition) is 1. The molecule has 4 rings (SSSR count). The van der Waals surface area contributed by atoms with E-state index in [0.717, 1.165) is 5.56 Å². The lowest BCUT2D eigenvalue weighted by molar-refractivity contribution is 0.256. The number of methoxy groups -OCH3 is 1. The number of amides is 2. The summed E-state index contributed by atoms with van der Waals surface area (Å²) in [6, 6.07) is 23.2. The molecule has 2 N–H and O–H groups in total. The zero-order valence-corrected chi connectivity index (χ0v) is 17.5. The number of ether oxygens (including phenoxy) is 1. The van der Waals surface area contributed by atoms with E-state index >= 15 is 0 Å². The number of primary amides is 1. The fourth-order valence-corrected chi connectivity index (χ4v) is 3.48. The van der Waals surface area contributed by atoms with Crippen molar-refractivity contribution < 1.29 is 9.53 Å². The van der Waals surface area contributed by atoms with Crippen molar-refractivity contribution in [1.29, 1.82) is 0 Å². The Labute approximate surface area is 184 Å². The lowest BCUT2D eigenvalue weighted by Crippen LogP contribution is -2.32. The van der Waals surface area contributed by atoms with E-state index in [1.165, 1.54) is 4.90 Å². The molecule has 0 atom stereocenters. The maximum Gasteiger partial charge on any atom is 0.324 e. The van der Waals surface area contributed by atoms with Crippen molar-refractivity contribution in [3.05, 3.63) is 90.1 Å². The van der Waals surface area contributed by atoms with E-state index in [9.17, 15) is 4.79 Å². The highest BCUT2D eigenvalue weighted by Gasteiger charge is 2.23. The highest BCUT2D eigenvalue weighted by Crippen LogP contribution is 2.38. The first-order valence-corrected chi connectivity index (χ1v) is 9.87. The molecular weight excluding hydrogens is 412 g/mol. The second-order valence-electron chi connectivity index (χ2n) is 6.65. The topological polar surface area (TPSA) is 81.3 Å². The van der Waals surface area contributed by atoms with Gasteiger partial charge in [0.15, 0.2) is 5.82 Å². The summed E-state index contributed by atoms with van der Waals surface area (Å²) in [4.78, 5) is 23.2. The maximum absolute atomic E-state index is 12.5. The molecule has 4 aromatic rings. The van der Waals surface area contributed by atoms with Crippen LogP contribution in [0.2, 0.25) is 5.02 Å². The number of anilines is 2. The van der Waals surface area contributed by atoms with E-state index in [4.69, 9.17) is 27.1 Å². The van der Waals surface area contributed by atoms with Crippen LogP contribution in [0.15, 0.2) is 85.1 Å². The Hall–Kier alpha value is -3.90.